The van der Waals surface area contributed by atoms with Gasteiger partial charge in [-0.2, -0.15) is 0 Å². The molecule has 0 aliphatic carbocycles. The Bertz CT molecular complexity index is 804. The van der Waals surface area contributed by atoms with Gasteiger partial charge >= 0.3 is 0 Å². The lowest BCUT2D eigenvalue weighted by molar-refractivity contribution is 0.0444. The van der Waals surface area contributed by atoms with Crippen molar-refractivity contribution in [1.82, 2.24) is 30.0 Å². The first-order valence-corrected chi connectivity index (χ1v) is 9.86. The number of carbonyl (C=O) groups excluding carboxylic acids is 1. The molecular formula is C19H26N6O3. The van der Waals surface area contributed by atoms with E-state index in [4.69, 9.17) is 0 Å². The maximum atomic E-state index is 13.0. The van der Waals surface area contributed by atoms with Gasteiger partial charge in [-0.1, -0.05) is 0 Å². The van der Waals surface area contributed by atoms with Crippen LogP contribution in [-0.4, -0.2) is 85.0 Å². The van der Waals surface area contributed by atoms with Crippen molar-refractivity contribution in [2.75, 3.05) is 32.8 Å². The van der Waals surface area contributed by atoms with Gasteiger partial charge in [-0.15, -0.1) is 5.10 Å². The molecule has 1 amide bonds. The Morgan fingerprint density at radius 2 is 2.00 bits per heavy atom. The predicted octanol–water partition coefficient (Wildman–Crippen LogP) is 0.677. The quantitative estimate of drug-likeness (QED) is 0.795. The highest BCUT2D eigenvalue weighted by Gasteiger charge is 2.31. The number of aromatic hydroxyl groups is 1. The van der Waals surface area contributed by atoms with Crippen molar-refractivity contribution in [3.05, 3.63) is 30.1 Å². The SMILES string of the molecule is O=C(c1ccc(-n2cnnn2)cc1O)N1CCCC(N2CCC(CO)CC2)C1. The fourth-order valence-electron chi connectivity index (χ4n) is 4.23. The predicted molar refractivity (Wildman–Crippen MR) is 101 cm³/mol. The van der Waals surface area contributed by atoms with E-state index in [1.54, 1.807) is 12.1 Å². The van der Waals surface area contributed by atoms with Gasteiger partial charge in [0, 0.05) is 31.8 Å². The van der Waals surface area contributed by atoms with E-state index in [9.17, 15) is 15.0 Å². The first kappa shape index (κ1) is 18.8. The van der Waals surface area contributed by atoms with Crippen LogP contribution < -0.4 is 0 Å². The van der Waals surface area contributed by atoms with Crippen molar-refractivity contribution in [2.24, 2.45) is 5.92 Å². The summed E-state index contributed by atoms with van der Waals surface area (Å²) < 4.78 is 1.43. The maximum Gasteiger partial charge on any atom is 0.257 e. The average molecular weight is 386 g/mol. The molecule has 2 aliphatic heterocycles. The third-order valence-corrected chi connectivity index (χ3v) is 5.93. The molecule has 0 saturated carbocycles. The minimum absolute atomic E-state index is 0.0658. The topological polar surface area (TPSA) is 108 Å². The summed E-state index contributed by atoms with van der Waals surface area (Å²) in [5, 5.41) is 30.7. The number of piperidine rings is 2. The van der Waals surface area contributed by atoms with Crippen molar-refractivity contribution in [1.29, 1.82) is 0 Å². The zero-order chi connectivity index (χ0) is 19.5. The second-order valence-electron chi connectivity index (χ2n) is 7.66. The number of aliphatic hydroxyl groups is 1. The number of aliphatic hydroxyl groups excluding tert-OH is 1. The molecule has 0 bridgehead atoms. The Labute approximate surface area is 163 Å². The molecule has 1 aromatic heterocycles. The molecule has 2 saturated heterocycles. The number of rotatable bonds is 4. The van der Waals surface area contributed by atoms with Gasteiger partial charge < -0.3 is 15.1 Å². The van der Waals surface area contributed by atoms with Gasteiger partial charge in [0.15, 0.2) is 0 Å². The van der Waals surface area contributed by atoms with E-state index in [1.807, 2.05) is 4.90 Å². The van der Waals surface area contributed by atoms with Crippen molar-refractivity contribution in [2.45, 2.75) is 31.7 Å². The van der Waals surface area contributed by atoms with E-state index < -0.39 is 0 Å². The number of hydrogen-bond donors (Lipinski definition) is 2. The van der Waals surface area contributed by atoms with E-state index in [-0.39, 0.29) is 18.3 Å². The van der Waals surface area contributed by atoms with Crippen molar-refractivity contribution in [3.8, 4) is 11.4 Å². The van der Waals surface area contributed by atoms with E-state index in [1.165, 1.54) is 17.1 Å². The Hall–Kier alpha value is -2.52. The number of amides is 1. The standard InChI is InChI=1S/C19H26N6O3/c26-12-14-5-8-23(9-6-14)16-2-1-7-24(11-16)19(28)17-4-3-15(10-18(17)27)25-13-20-21-22-25/h3-4,10,13-14,16,26-27H,1-2,5-9,11-12H2. The lowest BCUT2D eigenvalue weighted by Gasteiger charge is -2.42. The smallest absolute Gasteiger partial charge is 0.257 e. The molecular weight excluding hydrogens is 360 g/mol. The maximum absolute atomic E-state index is 13.0. The highest BCUT2D eigenvalue weighted by atomic mass is 16.3. The van der Waals surface area contributed by atoms with Crippen LogP contribution in [0.3, 0.4) is 0 Å². The van der Waals surface area contributed by atoms with Crippen LogP contribution >= 0.6 is 0 Å². The zero-order valence-corrected chi connectivity index (χ0v) is 15.8. The van der Waals surface area contributed by atoms with Gasteiger partial charge in [0.2, 0.25) is 0 Å². The molecule has 9 nitrogen and oxygen atoms in total. The van der Waals surface area contributed by atoms with Crippen LogP contribution in [0.2, 0.25) is 0 Å². The molecule has 150 valence electrons. The summed E-state index contributed by atoms with van der Waals surface area (Å²) in [5.74, 6) is 0.202. The average Bonchev–Trinajstić information content (AvgIpc) is 3.28. The molecule has 4 rings (SSSR count). The molecule has 2 fully saturated rings. The highest BCUT2D eigenvalue weighted by Crippen LogP contribution is 2.26. The third kappa shape index (κ3) is 3.85. The molecule has 2 N–H and O–H groups in total. The lowest BCUT2D eigenvalue weighted by Crippen LogP contribution is -2.52. The summed E-state index contributed by atoms with van der Waals surface area (Å²) in [6.07, 6.45) is 5.50. The van der Waals surface area contributed by atoms with Gasteiger partial charge in [-0.05, 0) is 67.3 Å². The van der Waals surface area contributed by atoms with Crippen molar-refractivity contribution in [3.63, 3.8) is 0 Å². The summed E-state index contributed by atoms with van der Waals surface area (Å²) >= 11 is 0. The monoisotopic (exact) mass is 386 g/mol. The molecule has 0 radical (unpaired) electrons. The van der Waals surface area contributed by atoms with Gasteiger partial charge in [0.1, 0.15) is 12.1 Å². The minimum Gasteiger partial charge on any atom is -0.507 e. The minimum atomic E-state index is -0.143. The first-order chi connectivity index (χ1) is 13.7. The number of nitrogens with zero attached hydrogens (tertiary/aromatic N) is 6. The molecule has 28 heavy (non-hydrogen) atoms. The van der Waals surface area contributed by atoms with Crippen LogP contribution in [0.4, 0.5) is 0 Å². The van der Waals surface area contributed by atoms with Gasteiger partial charge in [0.25, 0.3) is 5.91 Å². The number of likely N-dealkylation sites (tertiary alicyclic amines) is 2. The molecule has 9 heteroatoms. The Balaban J connectivity index is 1.43. The molecule has 2 aromatic rings. The summed E-state index contributed by atoms with van der Waals surface area (Å²) in [7, 11) is 0. The van der Waals surface area contributed by atoms with Crippen LogP contribution in [0.5, 0.6) is 5.75 Å². The van der Waals surface area contributed by atoms with E-state index in [2.05, 4.69) is 20.4 Å². The Morgan fingerprint density at radius 3 is 2.68 bits per heavy atom. The summed E-state index contributed by atoms with van der Waals surface area (Å²) in [5.41, 5.74) is 0.902. The second-order valence-corrected chi connectivity index (χ2v) is 7.66. The number of benzene rings is 1. The fraction of sp³-hybridized carbons (Fsp3) is 0.579. The largest absolute Gasteiger partial charge is 0.507 e. The van der Waals surface area contributed by atoms with Gasteiger partial charge in [-0.25, -0.2) is 4.68 Å². The molecule has 0 spiro atoms. The van der Waals surface area contributed by atoms with Crippen molar-refractivity contribution >= 4 is 5.91 Å². The van der Waals surface area contributed by atoms with Crippen LogP contribution in [0.15, 0.2) is 24.5 Å². The van der Waals surface area contributed by atoms with Gasteiger partial charge in [-0.3, -0.25) is 9.69 Å². The summed E-state index contributed by atoms with van der Waals surface area (Å²) in [4.78, 5) is 17.3. The molecule has 1 unspecified atom stereocenters. The van der Waals surface area contributed by atoms with Crippen LogP contribution in [0.1, 0.15) is 36.0 Å². The lowest BCUT2D eigenvalue weighted by atomic mass is 9.94. The third-order valence-electron chi connectivity index (χ3n) is 5.93. The first-order valence-electron chi connectivity index (χ1n) is 9.86. The van der Waals surface area contributed by atoms with E-state index in [0.29, 0.717) is 36.3 Å². The Morgan fingerprint density at radius 1 is 1.18 bits per heavy atom. The molecule has 2 aliphatic rings. The van der Waals surface area contributed by atoms with Crippen molar-refractivity contribution < 1.29 is 15.0 Å². The highest BCUT2D eigenvalue weighted by molar-refractivity contribution is 5.97. The number of phenolic OH excluding ortho intramolecular Hbond substituents is 1. The van der Waals surface area contributed by atoms with Crippen LogP contribution in [-0.2, 0) is 0 Å². The van der Waals surface area contributed by atoms with Crippen LogP contribution in [0.25, 0.3) is 5.69 Å². The zero-order valence-electron chi connectivity index (χ0n) is 15.8. The fourth-order valence-corrected chi connectivity index (χ4v) is 4.23. The normalized spacial score (nSPS) is 21.8. The number of phenols is 1. The van der Waals surface area contributed by atoms with E-state index >= 15 is 0 Å². The number of aromatic nitrogens is 4. The van der Waals surface area contributed by atoms with Gasteiger partial charge in [0.05, 0.1) is 11.3 Å². The summed E-state index contributed by atoms with van der Waals surface area (Å²) in [6.45, 7) is 3.60. The molecule has 3 heterocycles. The molecule has 1 atom stereocenters. The Kier molecular flexibility index (Phi) is 5.54. The van der Waals surface area contributed by atoms with E-state index in [0.717, 1.165) is 38.8 Å². The number of carbonyl (C=O) groups is 1. The molecule has 1 aromatic carbocycles. The van der Waals surface area contributed by atoms with Crippen LogP contribution in [0, 0.1) is 5.92 Å². The number of hydrogen-bond acceptors (Lipinski definition) is 7. The summed E-state index contributed by atoms with van der Waals surface area (Å²) in [6, 6.07) is 5.21. The number of tetrazole rings is 1. The second kappa shape index (κ2) is 8.24.